The van der Waals surface area contributed by atoms with Gasteiger partial charge in [-0.05, 0) is 0 Å². The van der Waals surface area contributed by atoms with Crippen LogP contribution in [0.25, 0.3) is 0 Å². The molecule has 7 nitrogen and oxygen atoms in total. The Hall–Kier alpha value is -1.44. The Morgan fingerprint density at radius 3 is 2.81 bits per heavy atom. The smallest absolute Gasteiger partial charge is 0.349 e. The second-order valence-corrected chi connectivity index (χ2v) is 3.46. The molecule has 0 aromatic carbocycles. The molecule has 0 atom stereocenters. The summed E-state index contributed by atoms with van der Waals surface area (Å²) in [6.45, 7) is 1.64. The molecule has 0 amide bonds. The number of nitrogens with two attached hydrogens (primary N) is 2. The van der Waals surface area contributed by atoms with Gasteiger partial charge in [0, 0.05) is 18.3 Å². The van der Waals surface area contributed by atoms with Crippen molar-refractivity contribution in [1.82, 2.24) is 9.55 Å². The number of nitrogen functional groups attached to an aromatic ring is 1. The van der Waals surface area contributed by atoms with E-state index in [0.29, 0.717) is 25.3 Å². The summed E-state index contributed by atoms with van der Waals surface area (Å²) in [4.78, 5) is 15.2. The van der Waals surface area contributed by atoms with Crippen molar-refractivity contribution < 1.29 is 9.47 Å². The van der Waals surface area contributed by atoms with Gasteiger partial charge in [0.2, 0.25) is 0 Å². The van der Waals surface area contributed by atoms with Gasteiger partial charge in [-0.15, -0.1) is 0 Å². The van der Waals surface area contributed by atoms with Crippen LogP contribution < -0.4 is 17.2 Å². The maximum atomic E-state index is 11.5. The quantitative estimate of drug-likeness (QED) is 0.660. The minimum Gasteiger partial charge on any atom is -0.383 e. The highest BCUT2D eigenvalue weighted by Crippen LogP contribution is 2.08. The Labute approximate surface area is 92.0 Å². The third-order valence-electron chi connectivity index (χ3n) is 2.36. The lowest BCUT2D eigenvalue weighted by Crippen LogP contribution is -2.30. The Morgan fingerprint density at radius 2 is 2.19 bits per heavy atom. The second-order valence-electron chi connectivity index (χ2n) is 3.46. The van der Waals surface area contributed by atoms with E-state index in [-0.39, 0.29) is 12.4 Å². The standard InChI is InChI=1S/C9H14N4O3/c10-3-6-4-13(9(14)12-8(6)11)5-7-15-1-2-16-7/h4,7H,1-3,5,10H2,(H2,11,12,14). The predicted molar refractivity (Wildman–Crippen MR) is 56.5 cm³/mol. The van der Waals surface area contributed by atoms with Crippen LogP contribution in [-0.2, 0) is 22.6 Å². The number of rotatable bonds is 3. The average Bonchev–Trinajstić information content (AvgIpc) is 2.75. The molecule has 0 aliphatic carbocycles. The summed E-state index contributed by atoms with van der Waals surface area (Å²) >= 11 is 0. The molecule has 7 heteroatoms. The van der Waals surface area contributed by atoms with Crippen molar-refractivity contribution in [1.29, 1.82) is 0 Å². The third kappa shape index (κ3) is 2.21. The zero-order valence-corrected chi connectivity index (χ0v) is 8.76. The van der Waals surface area contributed by atoms with E-state index in [1.54, 1.807) is 6.20 Å². The first-order chi connectivity index (χ1) is 7.70. The van der Waals surface area contributed by atoms with Crippen LogP contribution >= 0.6 is 0 Å². The summed E-state index contributed by atoms with van der Waals surface area (Å²) < 4.78 is 11.9. The Morgan fingerprint density at radius 1 is 1.50 bits per heavy atom. The van der Waals surface area contributed by atoms with Gasteiger partial charge in [0.25, 0.3) is 0 Å². The van der Waals surface area contributed by atoms with Gasteiger partial charge in [-0.25, -0.2) is 4.79 Å². The van der Waals surface area contributed by atoms with E-state index in [1.165, 1.54) is 4.57 Å². The van der Waals surface area contributed by atoms with Gasteiger partial charge in [-0.2, -0.15) is 4.98 Å². The summed E-state index contributed by atoms with van der Waals surface area (Å²) in [5, 5.41) is 0. The fourth-order valence-electron chi connectivity index (χ4n) is 1.51. The zero-order valence-electron chi connectivity index (χ0n) is 8.76. The molecule has 2 rings (SSSR count). The second kappa shape index (κ2) is 4.60. The largest absolute Gasteiger partial charge is 0.383 e. The fraction of sp³-hybridized carbons (Fsp3) is 0.556. The third-order valence-corrected chi connectivity index (χ3v) is 2.36. The lowest BCUT2D eigenvalue weighted by atomic mass is 10.3. The fourth-order valence-corrected chi connectivity index (χ4v) is 1.51. The van der Waals surface area contributed by atoms with Crippen LogP contribution in [0.2, 0.25) is 0 Å². The summed E-state index contributed by atoms with van der Waals surface area (Å²) in [6.07, 6.45) is 1.20. The minimum atomic E-state index is -0.422. The molecule has 4 N–H and O–H groups in total. The van der Waals surface area contributed by atoms with Crippen LogP contribution in [-0.4, -0.2) is 29.1 Å². The topological polar surface area (TPSA) is 105 Å². The SMILES string of the molecule is NCc1cn(CC2OCCO2)c(=O)nc1N. The van der Waals surface area contributed by atoms with Crippen LogP contribution in [0.3, 0.4) is 0 Å². The van der Waals surface area contributed by atoms with E-state index in [9.17, 15) is 4.79 Å². The van der Waals surface area contributed by atoms with Crippen LogP contribution in [0.15, 0.2) is 11.0 Å². The number of anilines is 1. The number of hydrogen-bond donors (Lipinski definition) is 2. The molecular weight excluding hydrogens is 212 g/mol. The molecule has 0 radical (unpaired) electrons. The highest BCUT2D eigenvalue weighted by molar-refractivity contribution is 5.36. The summed E-state index contributed by atoms with van der Waals surface area (Å²) in [5.41, 5.74) is 11.2. The maximum absolute atomic E-state index is 11.5. The van der Waals surface area contributed by atoms with Gasteiger partial charge in [-0.1, -0.05) is 0 Å². The molecule has 2 heterocycles. The Kier molecular flexibility index (Phi) is 3.18. The molecule has 88 valence electrons. The molecule has 0 unspecified atom stereocenters. The van der Waals surface area contributed by atoms with Crippen LogP contribution in [0.1, 0.15) is 5.56 Å². The van der Waals surface area contributed by atoms with Crippen molar-refractivity contribution in [3.05, 3.63) is 22.2 Å². The van der Waals surface area contributed by atoms with Crippen molar-refractivity contribution in [3.63, 3.8) is 0 Å². The molecule has 0 spiro atoms. The van der Waals surface area contributed by atoms with E-state index < -0.39 is 12.0 Å². The monoisotopic (exact) mass is 226 g/mol. The lowest BCUT2D eigenvalue weighted by molar-refractivity contribution is -0.0532. The van der Waals surface area contributed by atoms with Gasteiger partial charge in [0.1, 0.15) is 5.82 Å². The highest BCUT2D eigenvalue weighted by Gasteiger charge is 2.17. The first-order valence-electron chi connectivity index (χ1n) is 5.00. The number of nitrogens with zero attached hydrogens (tertiary/aromatic N) is 2. The Balaban J connectivity index is 2.22. The maximum Gasteiger partial charge on any atom is 0.349 e. The lowest BCUT2D eigenvalue weighted by Gasteiger charge is -2.12. The molecule has 16 heavy (non-hydrogen) atoms. The van der Waals surface area contributed by atoms with Crippen LogP contribution in [0, 0.1) is 0 Å². The van der Waals surface area contributed by atoms with Crippen molar-refractivity contribution in [2.45, 2.75) is 19.4 Å². The highest BCUT2D eigenvalue weighted by atomic mass is 16.7. The van der Waals surface area contributed by atoms with E-state index >= 15 is 0 Å². The molecule has 1 aromatic heterocycles. The zero-order chi connectivity index (χ0) is 11.5. The predicted octanol–water partition coefficient (Wildman–Crippen LogP) is -1.34. The van der Waals surface area contributed by atoms with Crippen molar-refractivity contribution in [2.24, 2.45) is 5.73 Å². The number of aromatic nitrogens is 2. The Bertz CT molecular complexity index is 425. The van der Waals surface area contributed by atoms with E-state index in [1.807, 2.05) is 0 Å². The first-order valence-corrected chi connectivity index (χ1v) is 5.00. The van der Waals surface area contributed by atoms with Gasteiger partial charge >= 0.3 is 5.69 Å². The molecule has 1 fully saturated rings. The van der Waals surface area contributed by atoms with E-state index in [4.69, 9.17) is 20.9 Å². The normalized spacial score (nSPS) is 16.8. The van der Waals surface area contributed by atoms with Gasteiger partial charge < -0.3 is 20.9 Å². The number of ether oxygens (including phenoxy) is 2. The van der Waals surface area contributed by atoms with Gasteiger partial charge in [0.05, 0.1) is 19.8 Å². The van der Waals surface area contributed by atoms with Gasteiger partial charge in [0.15, 0.2) is 6.29 Å². The molecule has 0 bridgehead atoms. The molecule has 1 aliphatic rings. The summed E-state index contributed by atoms with van der Waals surface area (Å²) in [5.74, 6) is 0.178. The first kappa shape index (κ1) is 11.1. The summed E-state index contributed by atoms with van der Waals surface area (Å²) in [7, 11) is 0. The van der Waals surface area contributed by atoms with Crippen molar-refractivity contribution in [3.8, 4) is 0 Å². The molecule has 1 aliphatic heterocycles. The minimum absolute atomic E-state index is 0.178. The molecular formula is C9H14N4O3. The molecule has 1 aromatic rings. The van der Waals surface area contributed by atoms with Crippen LogP contribution in [0.5, 0.6) is 0 Å². The summed E-state index contributed by atoms with van der Waals surface area (Å²) in [6, 6.07) is 0. The van der Waals surface area contributed by atoms with Gasteiger partial charge in [-0.3, -0.25) is 4.57 Å². The number of hydrogen-bond acceptors (Lipinski definition) is 6. The molecule has 1 saturated heterocycles. The van der Waals surface area contributed by atoms with Crippen molar-refractivity contribution >= 4 is 5.82 Å². The average molecular weight is 226 g/mol. The van der Waals surface area contributed by atoms with Crippen molar-refractivity contribution in [2.75, 3.05) is 18.9 Å². The van der Waals surface area contributed by atoms with E-state index in [2.05, 4.69) is 4.98 Å². The van der Waals surface area contributed by atoms with E-state index in [0.717, 1.165) is 0 Å². The molecule has 0 saturated carbocycles. The van der Waals surface area contributed by atoms with Crippen LogP contribution in [0.4, 0.5) is 5.82 Å².